The first-order valence-electron chi connectivity index (χ1n) is 6.86. The van der Waals surface area contributed by atoms with Crippen molar-refractivity contribution in [3.05, 3.63) is 0 Å². The van der Waals surface area contributed by atoms with Gasteiger partial charge in [-0.2, -0.15) is 0 Å². The lowest BCUT2D eigenvalue weighted by molar-refractivity contribution is -0.125. The smallest absolute Gasteiger partial charge is 0.252 e. The average Bonchev–Trinajstić information content (AvgIpc) is 3.08. The van der Waals surface area contributed by atoms with Crippen LogP contribution in [0.4, 0.5) is 0 Å². The van der Waals surface area contributed by atoms with E-state index in [-0.39, 0.29) is 5.91 Å². The van der Waals surface area contributed by atoms with Crippen LogP contribution >= 0.6 is 0 Å². The van der Waals surface area contributed by atoms with Crippen LogP contribution < -0.4 is 10.6 Å². The second kappa shape index (κ2) is 4.00. The van der Waals surface area contributed by atoms with Crippen LogP contribution in [0.3, 0.4) is 0 Å². The summed E-state index contributed by atoms with van der Waals surface area (Å²) in [7, 11) is 0. The highest BCUT2D eigenvalue weighted by molar-refractivity contribution is 6.09. The Balaban J connectivity index is 1.74. The predicted octanol–water partition coefficient (Wildman–Crippen LogP) is 1.56. The number of carbonyl (C=O) groups is 1. The van der Waals surface area contributed by atoms with Crippen LogP contribution in [-0.4, -0.2) is 23.4 Å². The molecule has 3 rings (SSSR count). The highest BCUT2D eigenvalue weighted by atomic mass is 16.2. The number of carbonyl (C=O) groups excluding carboxylic acids is 1. The van der Waals surface area contributed by atoms with E-state index in [0.29, 0.717) is 17.9 Å². The molecule has 3 aliphatic rings. The quantitative estimate of drug-likeness (QED) is 0.763. The van der Waals surface area contributed by atoms with E-state index >= 15 is 0 Å². The summed E-state index contributed by atoms with van der Waals surface area (Å²) < 4.78 is 0. The van der Waals surface area contributed by atoms with Gasteiger partial charge in [0.25, 0.3) is 5.91 Å². The maximum atomic E-state index is 12.2. The number of aliphatic imine (C=N–C) groups is 1. The van der Waals surface area contributed by atoms with E-state index in [9.17, 15) is 4.79 Å². The van der Waals surface area contributed by atoms with E-state index in [1.807, 2.05) is 6.92 Å². The predicted molar refractivity (Wildman–Crippen MR) is 66.7 cm³/mol. The zero-order chi connectivity index (χ0) is 11.9. The van der Waals surface area contributed by atoms with Gasteiger partial charge in [0.05, 0.1) is 6.04 Å². The van der Waals surface area contributed by atoms with Crippen molar-refractivity contribution >= 4 is 11.9 Å². The van der Waals surface area contributed by atoms with E-state index in [0.717, 1.165) is 12.8 Å². The van der Waals surface area contributed by atoms with Crippen LogP contribution in [0.1, 0.15) is 51.9 Å². The summed E-state index contributed by atoms with van der Waals surface area (Å²) in [5.74, 6) is 1.29. The molecule has 0 spiro atoms. The molecule has 2 N–H and O–H groups in total. The molecule has 1 atom stereocenters. The summed E-state index contributed by atoms with van der Waals surface area (Å²) in [5.41, 5.74) is -0.422. The molecule has 1 aliphatic heterocycles. The van der Waals surface area contributed by atoms with Crippen molar-refractivity contribution < 1.29 is 4.79 Å². The standard InChI is InChI=1S/C13H21N3O/c1-13(9-5-3-2-4-6-9)11(17)15-12(16-13)14-10-7-8-10/h9-10H,2-8H2,1H3,(H2,14,15,16,17). The van der Waals surface area contributed by atoms with Crippen LogP contribution in [0.15, 0.2) is 4.99 Å². The molecule has 2 saturated carbocycles. The molecule has 0 radical (unpaired) electrons. The van der Waals surface area contributed by atoms with Crippen molar-refractivity contribution in [2.24, 2.45) is 10.9 Å². The van der Waals surface area contributed by atoms with Gasteiger partial charge < -0.3 is 5.32 Å². The van der Waals surface area contributed by atoms with Gasteiger partial charge in [-0.15, -0.1) is 0 Å². The van der Waals surface area contributed by atoms with Gasteiger partial charge in [0.1, 0.15) is 5.54 Å². The highest BCUT2D eigenvalue weighted by Gasteiger charge is 2.47. The first kappa shape index (κ1) is 11.1. The van der Waals surface area contributed by atoms with Crippen molar-refractivity contribution in [1.82, 2.24) is 10.6 Å². The lowest BCUT2D eigenvalue weighted by Gasteiger charge is -2.34. The number of nitrogens with zero attached hydrogens (tertiary/aromatic N) is 1. The van der Waals surface area contributed by atoms with Crippen LogP contribution in [0, 0.1) is 5.92 Å². The summed E-state index contributed by atoms with van der Waals surface area (Å²) in [6.45, 7) is 2.04. The third kappa shape index (κ3) is 2.05. The molecular weight excluding hydrogens is 214 g/mol. The number of hydrogen-bond acceptors (Lipinski definition) is 2. The average molecular weight is 235 g/mol. The minimum atomic E-state index is -0.422. The summed E-state index contributed by atoms with van der Waals surface area (Å²) in [4.78, 5) is 16.7. The number of hydrogen-bond donors (Lipinski definition) is 2. The van der Waals surface area contributed by atoms with Crippen molar-refractivity contribution in [3.63, 3.8) is 0 Å². The molecular formula is C13H21N3O. The number of rotatable bonds is 2. The molecule has 0 aromatic carbocycles. The van der Waals surface area contributed by atoms with E-state index < -0.39 is 5.54 Å². The largest absolute Gasteiger partial charge is 0.342 e. The van der Waals surface area contributed by atoms with Crippen molar-refractivity contribution in [1.29, 1.82) is 0 Å². The van der Waals surface area contributed by atoms with Crippen molar-refractivity contribution in [3.8, 4) is 0 Å². The van der Waals surface area contributed by atoms with Gasteiger partial charge in [0.2, 0.25) is 0 Å². The second-order valence-electron chi connectivity index (χ2n) is 5.83. The number of guanidine groups is 1. The molecule has 0 aromatic rings. The Morgan fingerprint density at radius 2 is 1.88 bits per heavy atom. The fourth-order valence-electron chi connectivity index (χ4n) is 2.99. The summed E-state index contributed by atoms with van der Waals surface area (Å²) in [6, 6.07) is 0.450. The summed E-state index contributed by atoms with van der Waals surface area (Å²) in [5, 5.41) is 6.26. The van der Waals surface area contributed by atoms with Gasteiger partial charge in [-0.05, 0) is 38.5 Å². The molecule has 0 aromatic heterocycles. The van der Waals surface area contributed by atoms with Gasteiger partial charge >= 0.3 is 0 Å². The fraction of sp³-hybridized carbons (Fsp3) is 0.846. The normalized spacial score (nSPS) is 37.0. The lowest BCUT2D eigenvalue weighted by atomic mass is 9.76. The maximum absolute atomic E-state index is 12.2. The third-order valence-corrected chi connectivity index (χ3v) is 4.36. The first-order valence-corrected chi connectivity index (χ1v) is 6.86. The van der Waals surface area contributed by atoms with E-state index in [1.165, 1.54) is 32.1 Å². The Labute approximate surface area is 102 Å². The minimum absolute atomic E-state index is 0.115. The molecule has 1 heterocycles. The number of nitrogens with one attached hydrogen (secondary N) is 2. The van der Waals surface area contributed by atoms with E-state index in [4.69, 9.17) is 0 Å². The van der Waals surface area contributed by atoms with E-state index in [2.05, 4.69) is 15.6 Å². The zero-order valence-electron chi connectivity index (χ0n) is 10.5. The van der Waals surface area contributed by atoms with Crippen LogP contribution in [-0.2, 0) is 4.79 Å². The molecule has 3 fully saturated rings. The van der Waals surface area contributed by atoms with Gasteiger partial charge in [0.15, 0.2) is 5.96 Å². The van der Waals surface area contributed by atoms with E-state index in [1.54, 1.807) is 0 Å². The Hall–Kier alpha value is -1.06. The second-order valence-corrected chi connectivity index (χ2v) is 5.83. The topological polar surface area (TPSA) is 53.5 Å². The molecule has 1 saturated heterocycles. The molecule has 4 nitrogen and oxygen atoms in total. The lowest BCUT2D eigenvalue weighted by Crippen LogP contribution is -2.51. The summed E-state index contributed by atoms with van der Waals surface area (Å²) in [6.07, 6.45) is 8.48. The molecule has 0 bridgehead atoms. The van der Waals surface area contributed by atoms with Crippen molar-refractivity contribution in [2.75, 3.05) is 0 Å². The molecule has 4 heteroatoms. The Morgan fingerprint density at radius 3 is 2.53 bits per heavy atom. The molecule has 94 valence electrons. The molecule has 2 aliphatic carbocycles. The van der Waals surface area contributed by atoms with Crippen LogP contribution in [0.5, 0.6) is 0 Å². The Morgan fingerprint density at radius 1 is 1.18 bits per heavy atom. The summed E-state index contributed by atoms with van der Waals surface area (Å²) >= 11 is 0. The van der Waals surface area contributed by atoms with Crippen LogP contribution in [0.25, 0.3) is 0 Å². The maximum Gasteiger partial charge on any atom is 0.252 e. The van der Waals surface area contributed by atoms with Gasteiger partial charge in [-0.25, -0.2) is 4.99 Å². The number of amides is 1. The highest BCUT2D eigenvalue weighted by Crippen LogP contribution is 2.34. The van der Waals surface area contributed by atoms with Gasteiger partial charge in [-0.3, -0.25) is 10.1 Å². The zero-order valence-corrected chi connectivity index (χ0v) is 10.5. The Kier molecular flexibility index (Phi) is 2.60. The third-order valence-electron chi connectivity index (χ3n) is 4.36. The first-order chi connectivity index (χ1) is 8.18. The Bertz CT molecular complexity index is 356. The SMILES string of the molecule is CC1(C2CCCCC2)NC(=NC2CC2)NC1=O. The fourth-order valence-corrected chi connectivity index (χ4v) is 2.99. The molecule has 17 heavy (non-hydrogen) atoms. The van der Waals surface area contributed by atoms with Crippen molar-refractivity contribution in [2.45, 2.75) is 63.5 Å². The van der Waals surface area contributed by atoms with Crippen LogP contribution in [0.2, 0.25) is 0 Å². The molecule has 1 unspecified atom stereocenters. The molecule has 1 amide bonds. The van der Waals surface area contributed by atoms with Gasteiger partial charge in [0, 0.05) is 0 Å². The minimum Gasteiger partial charge on any atom is -0.342 e. The van der Waals surface area contributed by atoms with Gasteiger partial charge in [-0.1, -0.05) is 19.3 Å². The monoisotopic (exact) mass is 235 g/mol.